The van der Waals surface area contributed by atoms with E-state index in [-0.39, 0.29) is 12.1 Å². The lowest BCUT2D eigenvalue weighted by molar-refractivity contribution is -0.195. The van der Waals surface area contributed by atoms with Crippen molar-refractivity contribution in [1.82, 2.24) is 29.3 Å². The van der Waals surface area contributed by atoms with Crippen LogP contribution in [0.4, 0.5) is 11.4 Å². The highest BCUT2D eigenvalue weighted by Crippen LogP contribution is 2.34. The number of aromatic nitrogens is 5. The van der Waals surface area contributed by atoms with Crippen LogP contribution in [0.25, 0.3) is 5.69 Å². The van der Waals surface area contributed by atoms with Gasteiger partial charge in [0, 0.05) is 63.2 Å². The Labute approximate surface area is 287 Å². The first-order valence-corrected chi connectivity index (χ1v) is 16.8. The number of benzene rings is 2. The van der Waals surface area contributed by atoms with Crippen molar-refractivity contribution in [3.8, 4) is 5.69 Å². The Hall–Kier alpha value is -4.85. The number of likely N-dealkylation sites (N-methyl/N-ethyl adjacent to an activating group) is 1. The zero-order valence-electron chi connectivity index (χ0n) is 28.6. The molecule has 2 saturated heterocycles. The fraction of sp³-hybridized carbons (Fsp3) is 0.417. The Kier molecular flexibility index (Phi) is 10.8. The van der Waals surface area contributed by atoms with Gasteiger partial charge in [-0.25, -0.2) is 4.68 Å². The molecule has 2 aliphatic heterocycles. The second-order valence-electron chi connectivity index (χ2n) is 12.4. The van der Waals surface area contributed by atoms with Gasteiger partial charge in [-0.15, -0.1) is 0 Å². The largest absolute Gasteiger partial charge is 0.374 e. The maximum atomic E-state index is 8.54. The van der Waals surface area contributed by atoms with Crippen LogP contribution in [0.15, 0.2) is 91.2 Å². The molecule has 13 heteroatoms. The molecular weight excluding hydrogens is 620 g/mol. The predicted molar refractivity (Wildman–Crippen MR) is 189 cm³/mol. The Bertz CT molecular complexity index is 1750. The molecule has 3 atom stereocenters. The van der Waals surface area contributed by atoms with Crippen molar-refractivity contribution in [2.75, 3.05) is 62.8 Å². The molecule has 2 aromatic heterocycles. The number of anilines is 2. The molecule has 0 aliphatic carbocycles. The topological polar surface area (TPSA) is 122 Å². The second kappa shape index (κ2) is 15.6. The van der Waals surface area contributed by atoms with Gasteiger partial charge in [-0.3, -0.25) is 25.0 Å². The van der Waals surface area contributed by atoms with E-state index in [9.17, 15) is 0 Å². The zero-order chi connectivity index (χ0) is 34.2. The number of hydrogen-bond acceptors (Lipinski definition) is 11. The van der Waals surface area contributed by atoms with Gasteiger partial charge in [0.2, 0.25) is 11.4 Å². The van der Waals surface area contributed by atoms with E-state index in [4.69, 9.17) is 19.6 Å². The van der Waals surface area contributed by atoms with Gasteiger partial charge in [0.25, 0.3) is 0 Å². The Morgan fingerprint density at radius 1 is 1.10 bits per heavy atom. The summed E-state index contributed by atoms with van der Waals surface area (Å²) in [6.07, 6.45) is 10.6. The van der Waals surface area contributed by atoms with E-state index in [0.717, 1.165) is 43.9 Å². The van der Waals surface area contributed by atoms with Crippen LogP contribution in [-0.2, 0) is 26.6 Å². The molecule has 0 bridgehead atoms. The third kappa shape index (κ3) is 7.90. The summed E-state index contributed by atoms with van der Waals surface area (Å²) in [6, 6.07) is 17.2. The predicted octanol–water partition coefficient (Wildman–Crippen LogP) is 4.13. The number of piperazine rings is 1. The zero-order valence-corrected chi connectivity index (χ0v) is 28.6. The third-order valence-corrected chi connectivity index (χ3v) is 8.98. The summed E-state index contributed by atoms with van der Waals surface area (Å²) in [4.78, 5) is 13.5. The van der Waals surface area contributed by atoms with E-state index in [1.165, 1.54) is 11.4 Å². The van der Waals surface area contributed by atoms with Gasteiger partial charge >= 0.3 is 0 Å². The quantitative estimate of drug-likeness (QED) is 0.156. The van der Waals surface area contributed by atoms with Crippen molar-refractivity contribution in [3.63, 3.8) is 0 Å². The molecule has 258 valence electrons. The van der Waals surface area contributed by atoms with Crippen molar-refractivity contribution >= 4 is 17.6 Å². The summed E-state index contributed by atoms with van der Waals surface area (Å²) in [5.74, 6) is -1.10. The van der Waals surface area contributed by atoms with Gasteiger partial charge in [-0.05, 0) is 61.4 Å². The first-order chi connectivity index (χ1) is 23.9. The highest BCUT2D eigenvalue weighted by atomic mass is 16.8. The molecule has 0 radical (unpaired) electrons. The van der Waals surface area contributed by atoms with Crippen LogP contribution in [0.1, 0.15) is 37.6 Å². The lowest BCUT2D eigenvalue weighted by Crippen LogP contribution is -2.46. The average Bonchev–Trinajstić information content (AvgIpc) is 3.74. The maximum absolute atomic E-state index is 8.54. The van der Waals surface area contributed by atoms with E-state index in [2.05, 4.69) is 98.9 Å². The fourth-order valence-corrected chi connectivity index (χ4v) is 6.15. The summed E-state index contributed by atoms with van der Waals surface area (Å²) in [6.45, 7) is 13.1. The first kappa shape index (κ1) is 34.0. The lowest BCUT2D eigenvalue weighted by Gasteiger charge is -2.37. The molecule has 49 heavy (non-hydrogen) atoms. The summed E-state index contributed by atoms with van der Waals surface area (Å²) in [5.41, 5.74) is 5.41. The molecule has 2 aliphatic rings. The van der Waals surface area contributed by atoms with E-state index in [0.29, 0.717) is 37.7 Å². The molecule has 0 spiro atoms. The van der Waals surface area contributed by atoms with Crippen LogP contribution < -0.4 is 15.4 Å². The maximum Gasteiger partial charge on any atom is 0.234 e. The van der Waals surface area contributed by atoms with Crippen LogP contribution in [0.5, 0.6) is 0 Å². The smallest absolute Gasteiger partial charge is 0.234 e. The number of allylic oxidation sites excluding steroid dienone is 1. The Morgan fingerprint density at radius 2 is 1.86 bits per heavy atom. The molecule has 13 nitrogen and oxygen atoms in total. The molecule has 1 N–H and O–H groups in total. The minimum absolute atomic E-state index is 0.193. The van der Waals surface area contributed by atoms with E-state index in [1.54, 1.807) is 46.9 Å². The van der Waals surface area contributed by atoms with Crippen molar-refractivity contribution < 1.29 is 14.2 Å². The number of rotatable bonds is 14. The lowest BCUT2D eigenvalue weighted by atomic mass is 10.1. The SMILES string of the molecule is C=C/C=N\N(C)CC1(c2cnccn2)OCC(COCc2cccc(N3CCN(c4ccc(-n5cnn(C(C)CC)c5=N)cc4)CC3)c2)O1. The molecule has 2 aromatic carbocycles. The Morgan fingerprint density at radius 3 is 2.57 bits per heavy atom. The third-order valence-electron chi connectivity index (χ3n) is 8.98. The van der Waals surface area contributed by atoms with Gasteiger partial charge < -0.3 is 24.0 Å². The van der Waals surface area contributed by atoms with Crippen molar-refractivity contribution in [2.24, 2.45) is 5.10 Å². The molecule has 0 amide bonds. The van der Waals surface area contributed by atoms with E-state index in [1.807, 2.05) is 11.6 Å². The van der Waals surface area contributed by atoms with Gasteiger partial charge in [0.15, 0.2) is 0 Å². The molecule has 0 saturated carbocycles. The van der Waals surface area contributed by atoms with E-state index < -0.39 is 5.79 Å². The first-order valence-electron chi connectivity index (χ1n) is 16.8. The van der Waals surface area contributed by atoms with Crippen LogP contribution in [-0.4, -0.2) is 94.6 Å². The summed E-state index contributed by atoms with van der Waals surface area (Å²) in [7, 11) is 1.85. The molecule has 3 unspecified atom stereocenters. The fourth-order valence-electron chi connectivity index (χ4n) is 6.15. The van der Waals surface area contributed by atoms with Crippen LogP contribution >= 0.6 is 0 Å². The number of ether oxygens (including phenoxy) is 3. The molecule has 4 heterocycles. The van der Waals surface area contributed by atoms with E-state index >= 15 is 0 Å². The number of nitrogens with one attached hydrogen (secondary N) is 1. The van der Waals surface area contributed by atoms with Crippen molar-refractivity contribution in [2.45, 2.75) is 44.8 Å². The summed E-state index contributed by atoms with van der Waals surface area (Å²) >= 11 is 0. The highest BCUT2D eigenvalue weighted by molar-refractivity contribution is 5.69. The summed E-state index contributed by atoms with van der Waals surface area (Å²) < 4.78 is 22.4. The standard InChI is InChI=1S/C36H46N10O3/c1-5-14-40-42(4)26-36(34-22-38-15-16-39-34)48-25-33(49-36)24-47-23-29-8-7-9-32(21-29)44-19-17-43(18-20-44)30-10-12-31(13-11-30)45-27-41-46(35(45)37)28(3)6-2/h5,7-16,21-22,27-28,33,37H,1,6,17-20,23-26H2,2-4H3/b37-35?,40-14-. The summed E-state index contributed by atoms with van der Waals surface area (Å²) in [5, 5.41) is 19.0. The number of nitrogens with zero attached hydrogens (tertiary/aromatic N) is 9. The van der Waals surface area contributed by atoms with Crippen molar-refractivity contribution in [3.05, 3.63) is 103 Å². The number of hydrazone groups is 1. The van der Waals surface area contributed by atoms with Crippen LogP contribution in [0.2, 0.25) is 0 Å². The Balaban J connectivity index is 1.00. The normalized spacial score (nSPS) is 20.2. The van der Waals surface area contributed by atoms with Crippen molar-refractivity contribution in [1.29, 1.82) is 5.41 Å². The molecular formula is C36H46N10O3. The van der Waals surface area contributed by atoms with Gasteiger partial charge in [-0.1, -0.05) is 25.6 Å². The molecule has 6 rings (SSSR count). The average molecular weight is 667 g/mol. The number of hydrogen-bond donors (Lipinski definition) is 1. The van der Waals surface area contributed by atoms with Gasteiger partial charge in [0.05, 0.1) is 44.3 Å². The van der Waals surface area contributed by atoms with Gasteiger partial charge in [0.1, 0.15) is 18.1 Å². The minimum atomic E-state index is -1.10. The van der Waals surface area contributed by atoms with Crippen LogP contribution in [0, 0.1) is 5.41 Å². The van der Waals surface area contributed by atoms with Gasteiger partial charge in [-0.2, -0.15) is 10.2 Å². The minimum Gasteiger partial charge on any atom is -0.374 e. The highest BCUT2D eigenvalue weighted by Gasteiger charge is 2.46. The molecule has 2 fully saturated rings. The molecule has 4 aromatic rings. The monoisotopic (exact) mass is 666 g/mol. The second-order valence-corrected chi connectivity index (χ2v) is 12.4. The van der Waals surface area contributed by atoms with Crippen LogP contribution in [0.3, 0.4) is 0 Å².